The van der Waals surface area contributed by atoms with Crippen LogP contribution in [-0.4, -0.2) is 32.6 Å². The highest BCUT2D eigenvalue weighted by Crippen LogP contribution is 2.41. The SMILES string of the molecule is CCOC(=O)Nc1cccc(C(c2cccnc2)C(c2cccnc2)c2cccnc2)n1. The molecule has 4 aromatic heterocycles. The number of anilines is 1. The molecule has 0 aliphatic carbocycles. The highest BCUT2D eigenvalue weighted by molar-refractivity contribution is 5.83. The van der Waals surface area contributed by atoms with Crippen molar-refractivity contribution in [1.29, 1.82) is 0 Å². The molecule has 7 nitrogen and oxygen atoms in total. The summed E-state index contributed by atoms with van der Waals surface area (Å²) < 4.78 is 5.00. The summed E-state index contributed by atoms with van der Waals surface area (Å²) in [6.07, 6.45) is 10.3. The lowest BCUT2D eigenvalue weighted by Gasteiger charge is -2.28. The average Bonchev–Trinajstić information content (AvgIpc) is 2.84. The molecular formula is C25H23N5O2. The zero-order chi connectivity index (χ0) is 22.2. The van der Waals surface area contributed by atoms with Crippen LogP contribution in [0.3, 0.4) is 0 Å². The van der Waals surface area contributed by atoms with E-state index in [1.165, 1.54) is 0 Å². The smallest absolute Gasteiger partial charge is 0.412 e. The van der Waals surface area contributed by atoms with Crippen LogP contribution in [0.4, 0.5) is 10.6 Å². The predicted molar refractivity (Wildman–Crippen MR) is 121 cm³/mol. The lowest BCUT2D eigenvalue weighted by Crippen LogP contribution is -2.18. The molecule has 4 rings (SSSR count). The Hall–Kier alpha value is -4.13. The predicted octanol–water partition coefficient (Wildman–Crippen LogP) is 4.80. The maximum Gasteiger partial charge on any atom is 0.412 e. The first-order chi connectivity index (χ1) is 15.8. The van der Waals surface area contributed by atoms with E-state index in [1.54, 1.807) is 31.6 Å². The van der Waals surface area contributed by atoms with Gasteiger partial charge in [-0.15, -0.1) is 0 Å². The third-order valence-corrected chi connectivity index (χ3v) is 5.06. The minimum atomic E-state index is -0.536. The summed E-state index contributed by atoms with van der Waals surface area (Å²) in [5.74, 6) is 0.110. The zero-order valence-electron chi connectivity index (χ0n) is 17.6. The van der Waals surface area contributed by atoms with Gasteiger partial charge in [0.15, 0.2) is 0 Å². The maximum atomic E-state index is 11.9. The molecule has 4 aromatic rings. The van der Waals surface area contributed by atoms with E-state index < -0.39 is 6.09 Å². The van der Waals surface area contributed by atoms with E-state index in [1.807, 2.05) is 55.0 Å². The van der Waals surface area contributed by atoms with Crippen molar-refractivity contribution in [2.75, 3.05) is 11.9 Å². The van der Waals surface area contributed by atoms with Gasteiger partial charge in [-0.25, -0.2) is 9.78 Å². The number of carbonyl (C=O) groups excluding carboxylic acids is 1. The molecule has 1 N–H and O–H groups in total. The molecule has 4 heterocycles. The van der Waals surface area contributed by atoms with E-state index in [4.69, 9.17) is 9.72 Å². The fourth-order valence-electron chi connectivity index (χ4n) is 3.76. The van der Waals surface area contributed by atoms with E-state index in [-0.39, 0.29) is 18.4 Å². The molecule has 0 bridgehead atoms. The third kappa shape index (κ3) is 4.95. The Bertz CT molecular complexity index is 1100. The Morgan fingerprint density at radius 3 is 1.88 bits per heavy atom. The van der Waals surface area contributed by atoms with Gasteiger partial charge in [-0.05, 0) is 53.9 Å². The van der Waals surface area contributed by atoms with Crippen LogP contribution in [0.1, 0.15) is 41.1 Å². The number of hydrogen-bond donors (Lipinski definition) is 1. The molecule has 0 spiro atoms. The summed E-state index contributed by atoms with van der Waals surface area (Å²) in [5, 5.41) is 2.70. The normalized spacial score (nSPS) is 11.7. The van der Waals surface area contributed by atoms with E-state index in [2.05, 4.69) is 32.4 Å². The topological polar surface area (TPSA) is 89.9 Å². The molecule has 0 saturated heterocycles. The van der Waals surface area contributed by atoms with Gasteiger partial charge < -0.3 is 4.74 Å². The molecule has 0 radical (unpaired) electrons. The number of aromatic nitrogens is 4. The number of amides is 1. The van der Waals surface area contributed by atoms with Gasteiger partial charge >= 0.3 is 6.09 Å². The van der Waals surface area contributed by atoms with Gasteiger partial charge in [0.2, 0.25) is 0 Å². The standard InChI is InChI=1S/C25H23N5O2/c1-2-32-25(31)30-22-11-3-10-21(29-22)24(20-9-6-14-28-17-20)23(18-7-4-12-26-15-18)19-8-5-13-27-16-19/h3-17,23-24H,2H2,1H3,(H,29,30,31). The van der Waals surface area contributed by atoms with Crippen LogP contribution >= 0.6 is 0 Å². The zero-order valence-corrected chi connectivity index (χ0v) is 17.6. The molecule has 0 aliphatic rings. The Morgan fingerprint density at radius 2 is 1.38 bits per heavy atom. The van der Waals surface area contributed by atoms with Crippen molar-refractivity contribution in [3.63, 3.8) is 0 Å². The molecule has 7 heteroatoms. The largest absolute Gasteiger partial charge is 0.450 e. The molecule has 1 amide bonds. The van der Waals surface area contributed by atoms with Crippen molar-refractivity contribution < 1.29 is 9.53 Å². The van der Waals surface area contributed by atoms with Crippen LogP contribution in [0.15, 0.2) is 91.8 Å². The highest BCUT2D eigenvalue weighted by atomic mass is 16.5. The molecule has 160 valence electrons. The second-order valence-corrected chi connectivity index (χ2v) is 7.11. The van der Waals surface area contributed by atoms with Crippen LogP contribution in [-0.2, 0) is 4.74 Å². The summed E-state index contributed by atoms with van der Waals surface area (Å²) in [6, 6.07) is 17.4. The number of hydrogen-bond acceptors (Lipinski definition) is 6. The number of rotatable bonds is 7. The first-order valence-electron chi connectivity index (χ1n) is 10.4. The Kier molecular flexibility index (Phi) is 6.77. The van der Waals surface area contributed by atoms with Gasteiger partial charge in [-0.1, -0.05) is 24.3 Å². The van der Waals surface area contributed by atoms with Gasteiger partial charge in [0, 0.05) is 49.0 Å². The number of carbonyl (C=O) groups is 1. The van der Waals surface area contributed by atoms with Crippen molar-refractivity contribution in [2.45, 2.75) is 18.8 Å². The first kappa shape index (κ1) is 21.1. The molecule has 32 heavy (non-hydrogen) atoms. The van der Waals surface area contributed by atoms with Crippen molar-refractivity contribution in [2.24, 2.45) is 0 Å². The molecule has 0 fully saturated rings. The Balaban J connectivity index is 1.84. The average molecular weight is 425 g/mol. The van der Waals surface area contributed by atoms with Gasteiger partial charge in [0.05, 0.1) is 12.3 Å². The third-order valence-electron chi connectivity index (χ3n) is 5.06. The van der Waals surface area contributed by atoms with E-state index in [9.17, 15) is 4.79 Å². The Morgan fingerprint density at radius 1 is 0.812 bits per heavy atom. The number of ether oxygens (including phenoxy) is 1. The monoisotopic (exact) mass is 425 g/mol. The number of pyridine rings is 4. The van der Waals surface area contributed by atoms with Crippen molar-refractivity contribution >= 4 is 11.9 Å². The second kappa shape index (κ2) is 10.3. The van der Waals surface area contributed by atoms with Crippen molar-refractivity contribution in [3.05, 3.63) is 114 Å². The minimum absolute atomic E-state index is 0.119. The summed E-state index contributed by atoms with van der Waals surface area (Å²) in [7, 11) is 0. The highest BCUT2D eigenvalue weighted by Gasteiger charge is 2.30. The van der Waals surface area contributed by atoms with Crippen molar-refractivity contribution in [3.8, 4) is 0 Å². The van der Waals surface area contributed by atoms with Crippen LogP contribution < -0.4 is 5.32 Å². The van der Waals surface area contributed by atoms with Crippen molar-refractivity contribution in [1.82, 2.24) is 19.9 Å². The summed E-state index contributed by atoms with van der Waals surface area (Å²) in [5.41, 5.74) is 3.83. The van der Waals surface area contributed by atoms with Crippen LogP contribution in [0.2, 0.25) is 0 Å². The molecule has 0 aromatic carbocycles. The summed E-state index contributed by atoms with van der Waals surface area (Å²) >= 11 is 0. The quantitative estimate of drug-likeness (QED) is 0.457. The lowest BCUT2D eigenvalue weighted by molar-refractivity contribution is 0.168. The van der Waals surface area contributed by atoms with E-state index >= 15 is 0 Å². The van der Waals surface area contributed by atoms with Gasteiger partial charge in [-0.3, -0.25) is 20.3 Å². The summed E-state index contributed by atoms with van der Waals surface area (Å²) in [6.45, 7) is 2.04. The molecule has 1 atom stereocenters. The number of nitrogens with zero attached hydrogens (tertiary/aromatic N) is 4. The molecule has 1 unspecified atom stereocenters. The van der Waals surface area contributed by atoms with Gasteiger partial charge in [-0.2, -0.15) is 0 Å². The maximum absolute atomic E-state index is 11.9. The van der Waals surface area contributed by atoms with E-state index in [0.717, 1.165) is 22.4 Å². The molecule has 0 aliphatic heterocycles. The van der Waals surface area contributed by atoms with Gasteiger partial charge in [0.25, 0.3) is 0 Å². The second-order valence-electron chi connectivity index (χ2n) is 7.11. The molecule has 0 saturated carbocycles. The Labute approximate surface area is 186 Å². The van der Waals surface area contributed by atoms with Crippen LogP contribution in [0.25, 0.3) is 0 Å². The fraction of sp³-hybridized carbons (Fsp3) is 0.160. The van der Waals surface area contributed by atoms with Crippen LogP contribution in [0, 0.1) is 0 Å². The van der Waals surface area contributed by atoms with Crippen LogP contribution in [0.5, 0.6) is 0 Å². The summed E-state index contributed by atoms with van der Waals surface area (Å²) in [4.78, 5) is 29.7. The number of nitrogens with one attached hydrogen (secondary N) is 1. The minimum Gasteiger partial charge on any atom is -0.450 e. The molecular weight excluding hydrogens is 402 g/mol. The fourth-order valence-corrected chi connectivity index (χ4v) is 3.76. The van der Waals surface area contributed by atoms with Gasteiger partial charge in [0.1, 0.15) is 5.82 Å². The van der Waals surface area contributed by atoms with E-state index in [0.29, 0.717) is 5.82 Å². The first-order valence-corrected chi connectivity index (χ1v) is 10.4. The lowest BCUT2D eigenvalue weighted by atomic mass is 9.76.